The average molecular weight is 519 g/mol. The Morgan fingerprint density at radius 2 is 1.87 bits per heavy atom. The number of aromatic nitrogens is 4. The van der Waals surface area contributed by atoms with Crippen molar-refractivity contribution in [2.24, 2.45) is 0 Å². The summed E-state index contributed by atoms with van der Waals surface area (Å²) >= 11 is 0. The van der Waals surface area contributed by atoms with Crippen LogP contribution in [0.4, 0.5) is 0 Å². The van der Waals surface area contributed by atoms with E-state index in [1.165, 1.54) is 0 Å². The number of H-pyrrole nitrogens is 1. The Labute approximate surface area is 225 Å². The van der Waals surface area contributed by atoms with E-state index in [0.29, 0.717) is 24.0 Å². The molecule has 1 amide bonds. The van der Waals surface area contributed by atoms with Crippen LogP contribution in [0.15, 0.2) is 23.0 Å². The molecule has 8 heteroatoms. The Hall–Kier alpha value is -3.26. The maximum atomic E-state index is 13.8. The number of fused-ring (bicyclic) bond motifs is 1. The molecule has 4 rings (SSSR count). The Kier molecular flexibility index (Phi) is 7.40. The van der Waals surface area contributed by atoms with Gasteiger partial charge in [-0.3, -0.25) is 9.59 Å². The van der Waals surface area contributed by atoms with Gasteiger partial charge in [-0.1, -0.05) is 19.9 Å². The zero-order chi connectivity index (χ0) is 28.0. The number of rotatable bonds is 7. The molecule has 1 aliphatic rings. The fourth-order valence-corrected chi connectivity index (χ4v) is 5.80. The summed E-state index contributed by atoms with van der Waals surface area (Å²) in [6.45, 7) is 18.9. The van der Waals surface area contributed by atoms with E-state index in [4.69, 9.17) is 10.1 Å². The number of pyridine rings is 2. The third-order valence-electron chi connectivity index (χ3n) is 7.13. The highest BCUT2D eigenvalue weighted by atomic mass is 16.1. The molecule has 0 atom stereocenters. The SMILES string of the molecule is CCc1cc(C)[nH]c(=O)c1CNC(=O)c1cc(C2=CC(C)(C)NC(C)(C)C2)nc2c1c(CC)nn2C(C)C. The molecule has 3 aromatic rings. The minimum atomic E-state index is -0.230. The number of amides is 1. The van der Waals surface area contributed by atoms with Gasteiger partial charge < -0.3 is 15.6 Å². The van der Waals surface area contributed by atoms with E-state index in [9.17, 15) is 9.59 Å². The molecule has 3 N–H and O–H groups in total. The predicted molar refractivity (Wildman–Crippen MR) is 154 cm³/mol. The second-order valence-corrected chi connectivity index (χ2v) is 12.0. The van der Waals surface area contributed by atoms with Gasteiger partial charge in [0.1, 0.15) is 0 Å². The topological polar surface area (TPSA) is 105 Å². The second-order valence-electron chi connectivity index (χ2n) is 12.0. The van der Waals surface area contributed by atoms with Crippen LogP contribution in [0.2, 0.25) is 0 Å². The van der Waals surface area contributed by atoms with Gasteiger partial charge in [0, 0.05) is 34.9 Å². The summed E-state index contributed by atoms with van der Waals surface area (Å²) in [7, 11) is 0. The molecule has 1 aliphatic heterocycles. The van der Waals surface area contributed by atoms with Crippen molar-refractivity contribution in [3.8, 4) is 0 Å². The molecule has 0 radical (unpaired) electrons. The second kappa shape index (κ2) is 10.1. The van der Waals surface area contributed by atoms with Gasteiger partial charge in [0.05, 0.1) is 22.3 Å². The largest absolute Gasteiger partial charge is 0.348 e. The smallest absolute Gasteiger partial charge is 0.253 e. The number of carbonyl (C=O) groups is 1. The highest BCUT2D eigenvalue weighted by Gasteiger charge is 2.34. The first-order chi connectivity index (χ1) is 17.7. The summed E-state index contributed by atoms with van der Waals surface area (Å²) in [6.07, 6.45) is 4.39. The van der Waals surface area contributed by atoms with Crippen LogP contribution in [-0.4, -0.2) is 36.7 Å². The van der Waals surface area contributed by atoms with Gasteiger partial charge in [0.2, 0.25) is 0 Å². The summed E-state index contributed by atoms with van der Waals surface area (Å²) < 4.78 is 1.92. The predicted octanol–water partition coefficient (Wildman–Crippen LogP) is 5.00. The summed E-state index contributed by atoms with van der Waals surface area (Å²) in [5.41, 5.74) is 5.86. The number of nitrogens with zero attached hydrogens (tertiary/aromatic N) is 3. The molecule has 204 valence electrons. The summed E-state index contributed by atoms with van der Waals surface area (Å²) in [4.78, 5) is 34.5. The van der Waals surface area contributed by atoms with Crippen LogP contribution in [0.1, 0.15) is 106 Å². The number of aromatic amines is 1. The molecular weight excluding hydrogens is 476 g/mol. The van der Waals surface area contributed by atoms with Crippen molar-refractivity contribution in [3.63, 3.8) is 0 Å². The van der Waals surface area contributed by atoms with E-state index in [1.54, 1.807) is 0 Å². The van der Waals surface area contributed by atoms with Gasteiger partial charge in [-0.15, -0.1) is 0 Å². The van der Waals surface area contributed by atoms with Gasteiger partial charge in [-0.05, 0) is 91.0 Å². The normalized spacial score (nSPS) is 16.6. The quantitative estimate of drug-likeness (QED) is 0.408. The Bertz CT molecular complexity index is 1470. The molecule has 0 saturated heterocycles. The number of aryl methyl sites for hydroxylation is 3. The summed E-state index contributed by atoms with van der Waals surface area (Å²) in [6, 6.07) is 3.97. The molecular formula is C30H42N6O2. The van der Waals surface area contributed by atoms with Gasteiger partial charge in [0.25, 0.3) is 11.5 Å². The van der Waals surface area contributed by atoms with Crippen LogP contribution in [-0.2, 0) is 19.4 Å². The zero-order valence-corrected chi connectivity index (χ0v) is 24.3. The Balaban J connectivity index is 1.85. The van der Waals surface area contributed by atoms with Gasteiger partial charge in [0.15, 0.2) is 5.65 Å². The first-order valence-electron chi connectivity index (χ1n) is 13.7. The molecule has 0 aliphatic carbocycles. The van der Waals surface area contributed by atoms with Crippen LogP contribution in [0.25, 0.3) is 16.6 Å². The molecule has 0 bridgehead atoms. The monoisotopic (exact) mass is 518 g/mol. The lowest BCUT2D eigenvalue weighted by Gasteiger charge is -2.41. The van der Waals surface area contributed by atoms with Crippen LogP contribution < -0.4 is 16.2 Å². The van der Waals surface area contributed by atoms with Crippen LogP contribution in [0.3, 0.4) is 0 Å². The van der Waals surface area contributed by atoms with Crippen LogP contribution in [0.5, 0.6) is 0 Å². The summed E-state index contributed by atoms with van der Waals surface area (Å²) in [5, 5.41) is 12.3. The number of hydrogen-bond donors (Lipinski definition) is 3. The first-order valence-corrected chi connectivity index (χ1v) is 13.7. The van der Waals surface area contributed by atoms with E-state index in [1.807, 2.05) is 37.6 Å². The highest BCUT2D eigenvalue weighted by Crippen LogP contribution is 2.35. The third-order valence-corrected chi connectivity index (χ3v) is 7.13. The average Bonchev–Trinajstić information content (AvgIpc) is 3.19. The van der Waals surface area contributed by atoms with Crippen molar-refractivity contribution < 1.29 is 4.79 Å². The number of carbonyl (C=O) groups excluding carboxylic acids is 1. The van der Waals surface area contributed by atoms with Crippen LogP contribution in [0, 0.1) is 6.92 Å². The minimum absolute atomic E-state index is 0.0876. The Morgan fingerprint density at radius 1 is 1.16 bits per heavy atom. The lowest BCUT2D eigenvalue weighted by Crippen LogP contribution is -2.53. The molecule has 3 aromatic heterocycles. The molecule has 0 spiro atoms. The van der Waals surface area contributed by atoms with Crippen molar-refractivity contribution in [2.75, 3.05) is 0 Å². The van der Waals surface area contributed by atoms with E-state index in [0.717, 1.165) is 45.7 Å². The maximum Gasteiger partial charge on any atom is 0.253 e. The van der Waals surface area contributed by atoms with Gasteiger partial charge >= 0.3 is 0 Å². The van der Waals surface area contributed by atoms with Crippen molar-refractivity contribution >= 4 is 22.5 Å². The standard InChI is InChI=1S/C30H42N6O2/c1-10-19-12-18(5)32-28(38)22(19)16-31-27(37)21-13-24(20-14-29(6,7)35-30(8,9)15-20)33-26-25(21)23(11-2)34-36(26)17(3)4/h12-14,17,35H,10-11,15-16H2,1-9H3,(H,31,37)(H,32,38). The Morgan fingerprint density at radius 3 is 2.47 bits per heavy atom. The molecule has 0 saturated carbocycles. The zero-order valence-electron chi connectivity index (χ0n) is 24.3. The van der Waals surface area contributed by atoms with E-state index in [2.05, 4.69) is 63.2 Å². The molecule has 4 heterocycles. The van der Waals surface area contributed by atoms with E-state index >= 15 is 0 Å². The highest BCUT2D eigenvalue weighted by molar-refractivity contribution is 6.07. The molecule has 0 fully saturated rings. The molecule has 0 aromatic carbocycles. The molecule has 38 heavy (non-hydrogen) atoms. The number of hydrogen-bond acceptors (Lipinski definition) is 5. The van der Waals surface area contributed by atoms with Gasteiger partial charge in [-0.25, -0.2) is 9.67 Å². The van der Waals surface area contributed by atoms with Crippen molar-refractivity contribution in [1.82, 2.24) is 30.4 Å². The minimum Gasteiger partial charge on any atom is -0.348 e. The van der Waals surface area contributed by atoms with E-state index in [-0.39, 0.29) is 35.1 Å². The lowest BCUT2D eigenvalue weighted by atomic mass is 9.82. The third kappa shape index (κ3) is 5.46. The fourth-order valence-electron chi connectivity index (χ4n) is 5.80. The van der Waals surface area contributed by atoms with E-state index < -0.39 is 0 Å². The lowest BCUT2D eigenvalue weighted by molar-refractivity contribution is 0.0952. The first kappa shape index (κ1) is 27.8. The summed E-state index contributed by atoms with van der Waals surface area (Å²) in [5.74, 6) is -0.230. The van der Waals surface area contributed by atoms with Crippen molar-refractivity contribution in [3.05, 3.63) is 62.3 Å². The maximum absolute atomic E-state index is 13.8. The van der Waals surface area contributed by atoms with Crippen molar-refractivity contribution in [2.45, 2.75) is 105 Å². The van der Waals surface area contributed by atoms with Crippen molar-refractivity contribution in [1.29, 1.82) is 0 Å². The number of nitrogens with one attached hydrogen (secondary N) is 3. The fraction of sp³-hybridized carbons (Fsp3) is 0.533. The van der Waals surface area contributed by atoms with Gasteiger partial charge in [-0.2, -0.15) is 5.10 Å². The molecule has 8 nitrogen and oxygen atoms in total. The van der Waals surface area contributed by atoms with Crippen LogP contribution >= 0.6 is 0 Å². The molecule has 0 unspecified atom stereocenters.